The lowest BCUT2D eigenvalue weighted by molar-refractivity contribution is 0.0523. The van der Waals surface area contributed by atoms with Crippen LogP contribution in [-0.4, -0.2) is 31.4 Å². The first kappa shape index (κ1) is 25.1. The molecule has 1 aromatic carbocycles. The molecule has 1 aliphatic heterocycles. The Morgan fingerprint density at radius 2 is 1.88 bits per heavy atom. The Morgan fingerprint density at radius 1 is 1.21 bits per heavy atom. The first-order valence-electron chi connectivity index (χ1n) is 11.3. The van der Waals surface area contributed by atoms with E-state index in [-0.39, 0.29) is 29.1 Å². The molecule has 0 saturated heterocycles. The van der Waals surface area contributed by atoms with Gasteiger partial charge in [0.15, 0.2) is 16.9 Å². The number of benzene rings is 1. The van der Waals surface area contributed by atoms with E-state index in [0.29, 0.717) is 36.5 Å². The van der Waals surface area contributed by atoms with Gasteiger partial charge in [-0.15, -0.1) is 13.2 Å². The third-order valence-corrected chi connectivity index (χ3v) is 6.66. The third kappa shape index (κ3) is 4.45. The van der Waals surface area contributed by atoms with Crippen LogP contribution in [0.3, 0.4) is 0 Å². The number of aromatic nitrogens is 1. The summed E-state index contributed by atoms with van der Waals surface area (Å²) in [6, 6.07) is 5.26. The summed E-state index contributed by atoms with van der Waals surface area (Å²) in [7, 11) is 3.18. The summed E-state index contributed by atoms with van der Waals surface area (Å²) >= 11 is 0. The summed E-state index contributed by atoms with van der Waals surface area (Å²) < 4.78 is 18.2. The lowest BCUT2D eigenvalue weighted by atomic mass is 9.72. The van der Waals surface area contributed by atoms with Crippen LogP contribution in [-0.2, 0) is 11.2 Å². The second-order valence-corrected chi connectivity index (χ2v) is 8.62. The van der Waals surface area contributed by atoms with Crippen LogP contribution in [0.25, 0.3) is 11.3 Å². The minimum Gasteiger partial charge on any atom is -0.493 e. The topological polar surface area (TPSA) is 66.8 Å². The van der Waals surface area contributed by atoms with Crippen molar-refractivity contribution in [2.75, 3.05) is 20.8 Å². The highest BCUT2D eigenvalue weighted by Gasteiger charge is 2.35. The molecule has 2 unspecified atom stereocenters. The number of hydrogen-bond donors (Lipinski definition) is 0. The molecule has 1 aromatic heterocycles. The summed E-state index contributed by atoms with van der Waals surface area (Å²) in [6.45, 7) is 16.2. The maximum atomic E-state index is 12.9. The monoisotopic (exact) mass is 463 g/mol. The fourth-order valence-electron chi connectivity index (χ4n) is 4.73. The van der Waals surface area contributed by atoms with E-state index < -0.39 is 5.97 Å². The summed E-state index contributed by atoms with van der Waals surface area (Å²) in [6.07, 6.45) is 7.44. The molecule has 6 nitrogen and oxygen atoms in total. The highest BCUT2D eigenvalue weighted by Crippen LogP contribution is 2.46. The van der Waals surface area contributed by atoms with Gasteiger partial charge in [0.1, 0.15) is 5.56 Å². The molecular formula is C28H33NO5. The molecule has 0 fully saturated rings. The molecule has 6 heteroatoms. The van der Waals surface area contributed by atoms with Gasteiger partial charge in [0, 0.05) is 29.3 Å². The van der Waals surface area contributed by atoms with E-state index in [1.807, 2.05) is 35.8 Å². The van der Waals surface area contributed by atoms with Crippen molar-refractivity contribution in [3.63, 3.8) is 0 Å². The van der Waals surface area contributed by atoms with Gasteiger partial charge in [-0.2, -0.15) is 0 Å². The minimum atomic E-state index is -0.624. The van der Waals surface area contributed by atoms with Crippen molar-refractivity contribution < 1.29 is 19.0 Å². The number of nitrogens with zero attached hydrogens (tertiary/aromatic N) is 1. The van der Waals surface area contributed by atoms with E-state index in [1.54, 1.807) is 27.3 Å². The molecule has 2 aromatic rings. The average molecular weight is 464 g/mol. The van der Waals surface area contributed by atoms with Gasteiger partial charge in [0.2, 0.25) is 0 Å². The highest BCUT2D eigenvalue weighted by atomic mass is 16.5. The molecule has 0 N–H and O–H groups in total. The van der Waals surface area contributed by atoms with Crippen molar-refractivity contribution in [2.24, 2.45) is 5.41 Å². The molecule has 180 valence electrons. The zero-order valence-electron chi connectivity index (χ0n) is 20.5. The Bertz CT molecular complexity index is 1190. The number of allylic oxidation sites excluding steroid dienone is 3. The van der Waals surface area contributed by atoms with Crippen molar-refractivity contribution in [2.45, 2.75) is 39.2 Å². The molecule has 0 bridgehead atoms. The predicted octanol–water partition coefficient (Wildman–Crippen LogP) is 5.52. The van der Waals surface area contributed by atoms with Gasteiger partial charge in [0.25, 0.3) is 0 Å². The van der Waals surface area contributed by atoms with Crippen LogP contribution in [0.15, 0.2) is 66.7 Å². The van der Waals surface area contributed by atoms with Crippen LogP contribution < -0.4 is 14.9 Å². The summed E-state index contributed by atoms with van der Waals surface area (Å²) in [5, 5.41) is 0. The second kappa shape index (κ2) is 10.2. The van der Waals surface area contributed by atoms with Crippen LogP contribution in [0.5, 0.6) is 11.5 Å². The van der Waals surface area contributed by atoms with E-state index in [2.05, 4.69) is 19.7 Å². The molecule has 2 heterocycles. The van der Waals surface area contributed by atoms with Crippen LogP contribution in [0.4, 0.5) is 0 Å². The number of methoxy groups -OCH3 is 2. The number of carbonyl (C=O) groups excluding carboxylic acids is 1. The lowest BCUT2D eigenvalue weighted by Crippen LogP contribution is -2.31. The quantitative estimate of drug-likeness (QED) is 0.343. The van der Waals surface area contributed by atoms with Crippen molar-refractivity contribution in [1.29, 1.82) is 0 Å². The average Bonchev–Trinajstić information content (AvgIpc) is 2.82. The number of fused-ring (bicyclic) bond motifs is 3. The molecule has 3 rings (SSSR count). The first-order chi connectivity index (χ1) is 16.2. The van der Waals surface area contributed by atoms with Gasteiger partial charge in [-0.25, -0.2) is 4.79 Å². The molecule has 1 aliphatic rings. The smallest absolute Gasteiger partial charge is 0.343 e. The molecule has 34 heavy (non-hydrogen) atoms. The minimum absolute atomic E-state index is 0.0165. The van der Waals surface area contributed by atoms with Crippen molar-refractivity contribution >= 4 is 5.97 Å². The largest absolute Gasteiger partial charge is 0.493 e. The standard InChI is InChI=1S/C28H33NO5/c1-8-11-28(9-2,18(4)5)16-20-12-19-13-25(32-6)26(33-7)14-21(19)23-15-24(30)22(17-29(20)23)27(31)34-10-3/h8-9,13-15,17,20H,1-2,4,10-12,16H2,3,5-7H3. The van der Waals surface area contributed by atoms with Crippen LogP contribution >= 0.6 is 0 Å². The highest BCUT2D eigenvalue weighted by molar-refractivity contribution is 5.89. The molecule has 0 amide bonds. The zero-order valence-corrected chi connectivity index (χ0v) is 20.5. The van der Waals surface area contributed by atoms with Gasteiger partial charge in [-0.1, -0.05) is 24.3 Å². The maximum absolute atomic E-state index is 12.9. The first-order valence-corrected chi connectivity index (χ1v) is 11.3. The van der Waals surface area contributed by atoms with Crippen molar-refractivity contribution in [3.05, 3.63) is 83.2 Å². The van der Waals surface area contributed by atoms with E-state index >= 15 is 0 Å². The SMILES string of the molecule is C=CCC(C=C)(CC1Cc2cc(OC)c(OC)cc2-c2cc(=O)c(C(=O)OCC)cn21)C(=C)C. The van der Waals surface area contributed by atoms with Crippen molar-refractivity contribution in [1.82, 2.24) is 4.57 Å². The molecule has 0 radical (unpaired) electrons. The zero-order chi connectivity index (χ0) is 25.0. The Hall–Kier alpha value is -3.54. The van der Waals surface area contributed by atoms with E-state index in [1.165, 1.54) is 6.07 Å². The molecule has 0 aliphatic carbocycles. The Balaban J connectivity index is 2.26. The Kier molecular flexibility index (Phi) is 7.50. The predicted molar refractivity (Wildman–Crippen MR) is 135 cm³/mol. The van der Waals surface area contributed by atoms with E-state index in [0.717, 1.165) is 16.7 Å². The van der Waals surface area contributed by atoms with Gasteiger partial charge in [-0.05, 0) is 50.8 Å². The number of esters is 1. The maximum Gasteiger partial charge on any atom is 0.343 e. The molecule has 0 spiro atoms. The Morgan fingerprint density at radius 3 is 2.44 bits per heavy atom. The van der Waals surface area contributed by atoms with Crippen molar-refractivity contribution in [3.8, 4) is 22.8 Å². The number of hydrogen-bond acceptors (Lipinski definition) is 5. The molecular weight excluding hydrogens is 430 g/mol. The van der Waals surface area contributed by atoms with Crippen LogP contribution in [0, 0.1) is 5.41 Å². The summed E-state index contributed by atoms with van der Waals surface area (Å²) in [4.78, 5) is 25.5. The van der Waals surface area contributed by atoms with Gasteiger partial charge in [0.05, 0.1) is 26.5 Å². The fourth-order valence-corrected chi connectivity index (χ4v) is 4.73. The third-order valence-electron chi connectivity index (χ3n) is 6.66. The van der Waals surface area contributed by atoms with Gasteiger partial charge >= 0.3 is 5.97 Å². The van der Waals surface area contributed by atoms with E-state index in [4.69, 9.17) is 14.2 Å². The summed E-state index contributed by atoms with van der Waals surface area (Å²) in [5.41, 5.74) is 2.84. The molecule has 0 saturated carbocycles. The van der Waals surface area contributed by atoms with Crippen LogP contribution in [0.2, 0.25) is 0 Å². The fraction of sp³-hybridized carbons (Fsp3) is 0.357. The summed E-state index contributed by atoms with van der Waals surface area (Å²) in [5.74, 6) is 0.572. The van der Waals surface area contributed by atoms with E-state index in [9.17, 15) is 9.59 Å². The second-order valence-electron chi connectivity index (χ2n) is 8.62. The van der Waals surface area contributed by atoms with Crippen LogP contribution in [0.1, 0.15) is 48.7 Å². The van der Waals surface area contributed by atoms with Gasteiger partial charge in [-0.3, -0.25) is 4.79 Å². The van der Waals surface area contributed by atoms with Gasteiger partial charge < -0.3 is 18.8 Å². The number of ether oxygens (including phenoxy) is 3. The number of carbonyl (C=O) groups is 1. The Labute approximate surface area is 201 Å². The number of rotatable bonds is 10. The number of pyridine rings is 1. The lowest BCUT2D eigenvalue weighted by Gasteiger charge is -2.39. The normalized spacial score (nSPS) is 15.8. The molecule has 2 atom stereocenters.